The first kappa shape index (κ1) is 19.5. The van der Waals surface area contributed by atoms with E-state index in [1.807, 2.05) is 30.0 Å². The van der Waals surface area contributed by atoms with Crippen molar-refractivity contribution in [1.29, 1.82) is 0 Å². The molecule has 160 valence electrons. The molecule has 8 heteroatoms. The SMILES string of the molecule is COc1cccc(C(=O)N2C[C@H]3CN(C4CCOCC4)C[C@@]3(c3nc(C)no3)C2)c1. The van der Waals surface area contributed by atoms with E-state index in [1.165, 1.54) is 0 Å². The number of nitrogens with zero attached hydrogens (tertiary/aromatic N) is 4. The summed E-state index contributed by atoms with van der Waals surface area (Å²) in [5, 5.41) is 4.06. The van der Waals surface area contributed by atoms with Gasteiger partial charge in [-0.15, -0.1) is 0 Å². The first-order chi connectivity index (χ1) is 14.6. The topological polar surface area (TPSA) is 80.9 Å². The zero-order valence-electron chi connectivity index (χ0n) is 17.5. The van der Waals surface area contributed by atoms with Crippen LogP contribution in [0.2, 0.25) is 0 Å². The minimum absolute atomic E-state index is 0.0246. The smallest absolute Gasteiger partial charge is 0.254 e. The van der Waals surface area contributed by atoms with Gasteiger partial charge in [0.1, 0.15) is 5.75 Å². The number of carbonyl (C=O) groups excluding carboxylic acids is 1. The molecule has 0 bridgehead atoms. The van der Waals surface area contributed by atoms with Gasteiger partial charge in [0.15, 0.2) is 5.82 Å². The van der Waals surface area contributed by atoms with Crippen molar-refractivity contribution in [1.82, 2.24) is 19.9 Å². The van der Waals surface area contributed by atoms with Crippen molar-refractivity contribution >= 4 is 5.91 Å². The highest BCUT2D eigenvalue weighted by Gasteiger charge is 2.58. The van der Waals surface area contributed by atoms with Crippen molar-refractivity contribution in [3.05, 3.63) is 41.5 Å². The lowest BCUT2D eigenvalue weighted by molar-refractivity contribution is 0.0369. The van der Waals surface area contributed by atoms with Gasteiger partial charge in [0.25, 0.3) is 5.91 Å². The monoisotopic (exact) mass is 412 g/mol. The number of hydrogen-bond donors (Lipinski definition) is 0. The first-order valence-corrected chi connectivity index (χ1v) is 10.6. The summed E-state index contributed by atoms with van der Waals surface area (Å²) in [6, 6.07) is 7.87. The highest BCUT2D eigenvalue weighted by molar-refractivity contribution is 5.95. The Morgan fingerprint density at radius 1 is 1.23 bits per heavy atom. The van der Waals surface area contributed by atoms with Crippen molar-refractivity contribution in [2.75, 3.05) is 46.5 Å². The normalized spacial score (nSPS) is 27.4. The van der Waals surface area contributed by atoms with Gasteiger partial charge in [-0.05, 0) is 38.0 Å². The largest absolute Gasteiger partial charge is 0.497 e. The Labute approximate surface area is 176 Å². The number of likely N-dealkylation sites (tertiary alicyclic amines) is 2. The molecule has 30 heavy (non-hydrogen) atoms. The standard InChI is InChI=1S/C22H28N4O4/c1-15-23-21(30-24-15)22-13-25(18-6-8-29-9-7-18)11-17(22)12-26(14-22)20(27)16-4-3-5-19(10-16)28-2/h3-5,10,17-18H,6-9,11-14H2,1-2H3/t17-,22-/m1/s1. The molecule has 1 aromatic carbocycles. The fourth-order valence-electron chi connectivity index (χ4n) is 5.33. The second-order valence-electron chi connectivity index (χ2n) is 8.69. The van der Waals surface area contributed by atoms with Crippen molar-refractivity contribution in [2.45, 2.75) is 31.2 Å². The van der Waals surface area contributed by atoms with Crippen molar-refractivity contribution in [3.63, 3.8) is 0 Å². The van der Waals surface area contributed by atoms with E-state index in [2.05, 4.69) is 15.0 Å². The van der Waals surface area contributed by atoms with E-state index in [1.54, 1.807) is 13.2 Å². The molecule has 0 spiro atoms. The third-order valence-electron chi connectivity index (χ3n) is 6.90. The number of methoxy groups -OCH3 is 1. The fourth-order valence-corrected chi connectivity index (χ4v) is 5.33. The van der Waals surface area contributed by atoms with Crippen LogP contribution < -0.4 is 4.74 Å². The molecule has 2 atom stereocenters. The Balaban J connectivity index is 1.41. The second kappa shape index (κ2) is 7.67. The Bertz CT molecular complexity index is 925. The van der Waals surface area contributed by atoms with Gasteiger partial charge in [0.05, 0.1) is 12.5 Å². The van der Waals surface area contributed by atoms with Crippen molar-refractivity contribution < 1.29 is 18.8 Å². The molecular formula is C22H28N4O4. The van der Waals surface area contributed by atoms with Crippen LogP contribution in [0.1, 0.15) is 34.9 Å². The van der Waals surface area contributed by atoms with Gasteiger partial charge in [0, 0.05) is 56.9 Å². The zero-order chi connectivity index (χ0) is 20.7. The Morgan fingerprint density at radius 2 is 2.07 bits per heavy atom. The van der Waals surface area contributed by atoms with Crippen molar-refractivity contribution in [3.8, 4) is 5.75 Å². The Hall–Kier alpha value is -2.45. The van der Waals surface area contributed by atoms with E-state index in [0.717, 1.165) is 39.1 Å². The summed E-state index contributed by atoms with van der Waals surface area (Å²) in [6.45, 7) is 6.54. The highest BCUT2D eigenvalue weighted by Crippen LogP contribution is 2.46. The molecule has 3 saturated heterocycles. The maximum absolute atomic E-state index is 13.3. The van der Waals surface area contributed by atoms with Crippen LogP contribution in [0.4, 0.5) is 0 Å². The number of aromatic nitrogens is 2. The molecule has 0 saturated carbocycles. The Morgan fingerprint density at radius 3 is 2.80 bits per heavy atom. The lowest BCUT2D eigenvalue weighted by Gasteiger charge is -2.33. The number of aryl methyl sites for hydroxylation is 1. The van der Waals surface area contributed by atoms with Crippen LogP contribution in [0.5, 0.6) is 5.75 Å². The van der Waals surface area contributed by atoms with Crippen LogP contribution in [0.15, 0.2) is 28.8 Å². The van der Waals surface area contributed by atoms with Gasteiger partial charge in [-0.25, -0.2) is 0 Å². The lowest BCUT2D eigenvalue weighted by Crippen LogP contribution is -2.44. The molecule has 3 fully saturated rings. The summed E-state index contributed by atoms with van der Waals surface area (Å²) in [7, 11) is 1.61. The predicted molar refractivity (Wildman–Crippen MR) is 109 cm³/mol. The summed E-state index contributed by atoms with van der Waals surface area (Å²) in [6.07, 6.45) is 2.11. The molecule has 0 aliphatic carbocycles. The minimum Gasteiger partial charge on any atom is -0.497 e. The number of rotatable bonds is 4. The maximum Gasteiger partial charge on any atom is 0.254 e. The molecule has 8 nitrogen and oxygen atoms in total. The number of hydrogen-bond acceptors (Lipinski definition) is 7. The highest BCUT2D eigenvalue weighted by atomic mass is 16.5. The molecule has 3 aliphatic rings. The molecule has 3 aliphatic heterocycles. The van der Waals surface area contributed by atoms with E-state index < -0.39 is 0 Å². The van der Waals surface area contributed by atoms with Crippen LogP contribution in [0.25, 0.3) is 0 Å². The maximum atomic E-state index is 13.3. The average molecular weight is 412 g/mol. The van der Waals surface area contributed by atoms with Crippen LogP contribution in [0.3, 0.4) is 0 Å². The molecule has 0 radical (unpaired) electrons. The molecule has 0 N–H and O–H groups in total. The zero-order valence-corrected chi connectivity index (χ0v) is 17.5. The fraction of sp³-hybridized carbons (Fsp3) is 0.591. The molecule has 4 heterocycles. The molecular weight excluding hydrogens is 384 g/mol. The van der Waals surface area contributed by atoms with E-state index >= 15 is 0 Å². The van der Waals surface area contributed by atoms with Gasteiger partial charge >= 0.3 is 0 Å². The van der Waals surface area contributed by atoms with Crippen molar-refractivity contribution in [2.24, 2.45) is 5.92 Å². The van der Waals surface area contributed by atoms with Crippen LogP contribution in [-0.2, 0) is 10.2 Å². The van der Waals surface area contributed by atoms with Gasteiger partial charge in [-0.1, -0.05) is 11.2 Å². The van der Waals surface area contributed by atoms with Crippen LogP contribution in [0, 0.1) is 12.8 Å². The van der Waals surface area contributed by atoms with Crippen LogP contribution >= 0.6 is 0 Å². The summed E-state index contributed by atoms with van der Waals surface area (Å²) in [5.74, 6) is 2.29. The lowest BCUT2D eigenvalue weighted by atomic mass is 9.81. The summed E-state index contributed by atoms with van der Waals surface area (Å²) < 4.78 is 16.5. The number of carbonyl (C=O) groups is 1. The first-order valence-electron chi connectivity index (χ1n) is 10.6. The number of ether oxygens (including phenoxy) is 2. The van der Waals surface area contributed by atoms with E-state index in [0.29, 0.717) is 42.2 Å². The molecule has 1 amide bonds. The quantitative estimate of drug-likeness (QED) is 0.759. The average Bonchev–Trinajstić information content (AvgIpc) is 3.46. The molecule has 5 rings (SSSR count). The third kappa shape index (κ3) is 3.28. The molecule has 1 aromatic heterocycles. The third-order valence-corrected chi connectivity index (χ3v) is 6.90. The molecule has 2 aromatic rings. The van der Waals surface area contributed by atoms with E-state index in [4.69, 9.17) is 14.0 Å². The number of amides is 1. The number of fused-ring (bicyclic) bond motifs is 1. The van der Waals surface area contributed by atoms with Crippen LogP contribution in [-0.4, -0.2) is 78.4 Å². The van der Waals surface area contributed by atoms with Gasteiger partial charge in [0.2, 0.25) is 5.89 Å². The minimum atomic E-state index is -0.311. The molecule has 0 unspecified atom stereocenters. The second-order valence-corrected chi connectivity index (χ2v) is 8.69. The van der Waals surface area contributed by atoms with E-state index in [-0.39, 0.29) is 17.2 Å². The van der Waals surface area contributed by atoms with Gasteiger partial charge in [-0.3, -0.25) is 9.69 Å². The summed E-state index contributed by atoms with van der Waals surface area (Å²) in [5.41, 5.74) is 0.334. The Kier molecular flexibility index (Phi) is 4.99. The number of benzene rings is 1. The van der Waals surface area contributed by atoms with Gasteiger partial charge in [-0.2, -0.15) is 4.98 Å². The summed E-state index contributed by atoms with van der Waals surface area (Å²) >= 11 is 0. The summed E-state index contributed by atoms with van der Waals surface area (Å²) in [4.78, 5) is 22.4. The predicted octanol–water partition coefficient (Wildman–Crippen LogP) is 1.89. The van der Waals surface area contributed by atoms with E-state index in [9.17, 15) is 4.79 Å². The van der Waals surface area contributed by atoms with Gasteiger partial charge < -0.3 is 18.9 Å².